The van der Waals surface area contributed by atoms with Crippen molar-refractivity contribution in [1.82, 2.24) is 19.3 Å². The molecule has 0 spiro atoms. The van der Waals surface area contributed by atoms with Crippen LogP contribution >= 0.6 is 12.2 Å². The number of aromatic amines is 1. The minimum absolute atomic E-state index is 0.0124. The van der Waals surface area contributed by atoms with Gasteiger partial charge in [0, 0.05) is 25.6 Å². The number of hydrogen-bond acceptors (Lipinski definition) is 5. The normalized spacial score (nSPS) is 11.7. The van der Waals surface area contributed by atoms with Gasteiger partial charge in [-0.15, -0.1) is 0 Å². The van der Waals surface area contributed by atoms with Crippen molar-refractivity contribution in [2.75, 3.05) is 7.05 Å². The van der Waals surface area contributed by atoms with Crippen LogP contribution in [0.2, 0.25) is 0 Å². The molecular formula is C11H13N5O2S2. The van der Waals surface area contributed by atoms with E-state index in [0.29, 0.717) is 5.82 Å². The van der Waals surface area contributed by atoms with Gasteiger partial charge in [-0.05, 0) is 12.1 Å². The maximum atomic E-state index is 12.5. The molecule has 0 saturated carbocycles. The van der Waals surface area contributed by atoms with Crippen molar-refractivity contribution in [3.05, 3.63) is 42.2 Å². The van der Waals surface area contributed by atoms with Crippen molar-refractivity contribution < 1.29 is 8.42 Å². The lowest BCUT2D eigenvalue weighted by molar-refractivity contribution is 0.458. The van der Waals surface area contributed by atoms with Crippen LogP contribution in [0.5, 0.6) is 0 Å². The van der Waals surface area contributed by atoms with Crippen molar-refractivity contribution in [3.63, 3.8) is 0 Å². The van der Waals surface area contributed by atoms with Crippen molar-refractivity contribution in [2.24, 2.45) is 5.73 Å². The molecule has 0 aromatic carbocycles. The monoisotopic (exact) mass is 311 g/mol. The van der Waals surface area contributed by atoms with Gasteiger partial charge in [-0.2, -0.15) is 4.31 Å². The van der Waals surface area contributed by atoms with E-state index in [1.165, 1.54) is 25.4 Å². The molecular weight excluding hydrogens is 298 g/mol. The lowest BCUT2D eigenvalue weighted by Crippen LogP contribution is -2.29. The highest BCUT2D eigenvalue weighted by atomic mass is 32.2. The first-order valence-corrected chi connectivity index (χ1v) is 7.47. The Bertz CT molecular complexity index is 712. The summed E-state index contributed by atoms with van der Waals surface area (Å²) < 4.78 is 26.2. The zero-order valence-electron chi connectivity index (χ0n) is 10.6. The van der Waals surface area contributed by atoms with Crippen LogP contribution in [0.4, 0.5) is 0 Å². The first kappa shape index (κ1) is 14.6. The van der Waals surface area contributed by atoms with Gasteiger partial charge in [-0.1, -0.05) is 12.2 Å². The number of thiocarbonyl (C=S) groups is 1. The molecule has 0 aliphatic rings. The molecule has 0 fully saturated rings. The number of imidazole rings is 1. The van der Waals surface area contributed by atoms with Crippen molar-refractivity contribution in [1.29, 1.82) is 0 Å². The molecule has 0 radical (unpaired) electrons. The maximum absolute atomic E-state index is 12.5. The summed E-state index contributed by atoms with van der Waals surface area (Å²) in [5, 5.41) is 0. The highest BCUT2D eigenvalue weighted by molar-refractivity contribution is 7.89. The highest BCUT2D eigenvalue weighted by Gasteiger charge is 2.26. The van der Waals surface area contributed by atoms with Gasteiger partial charge < -0.3 is 10.7 Å². The van der Waals surface area contributed by atoms with Gasteiger partial charge in [0.25, 0.3) is 0 Å². The number of H-pyrrole nitrogens is 1. The third kappa shape index (κ3) is 2.84. The first-order valence-electron chi connectivity index (χ1n) is 5.62. The van der Waals surface area contributed by atoms with Crippen molar-refractivity contribution >= 4 is 27.2 Å². The summed E-state index contributed by atoms with van der Waals surface area (Å²) in [6.07, 6.45) is 4.63. The molecule has 2 rings (SSSR count). The number of sulfonamides is 1. The molecule has 106 valence electrons. The van der Waals surface area contributed by atoms with Crippen molar-refractivity contribution in [3.8, 4) is 0 Å². The molecule has 0 saturated heterocycles. The van der Waals surface area contributed by atoms with Gasteiger partial charge in [-0.25, -0.2) is 13.4 Å². The topological polar surface area (TPSA) is 105 Å². The molecule has 0 atom stereocenters. The Kier molecular flexibility index (Phi) is 4.12. The summed E-state index contributed by atoms with van der Waals surface area (Å²) in [5.74, 6) is 0.539. The minimum Gasteiger partial charge on any atom is -0.388 e. The number of nitrogens with zero attached hydrogens (tertiary/aromatic N) is 3. The Morgan fingerprint density at radius 2 is 2.20 bits per heavy atom. The minimum atomic E-state index is -3.75. The van der Waals surface area contributed by atoms with E-state index >= 15 is 0 Å². The molecule has 9 heteroatoms. The average Bonchev–Trinajstić information content (AvgIpc) is 2.91. The molecule has 2 aromatic rings. The van der Waals surface area contributed by atoms with Crippen LogP contribution in [0.3, 0.4) is 0 Å². The molecule has 0 aliphatic carbocycles. The average molecular weight is 311 g/mol. The molecule has 0 unspecified atom stereocenters. The molecule has 0 aliphatic heterocycles. The quantitative estimate of drug-likeness (QED) is 0.767. The molecule has 20 heavy (non-hydrogen) atoms. The number of nitrogens with one attached hydrogen (secondary N) is 1. The van der Waals surface area contributed by atoms with Crippen LogP contribution in [-0.4, -0.2) is 39.7 Å². The summed E-state index contributed by atoms with van der Waals surface area (Å²) in [6.45, 7) is 0.112. The largest absolute Gasteiger partial charge is 0.388 e. The van der Waals surface area contributed by atoms with Crippen LogP contribution in [0.1, 0.15) is 11.5 Å². The fourth-order valence-corrected chi connectivity index (χ4v) is 3.14. The molecule has 2 aromatic heterocycles. The fourth-order valence-electron chi connectivity index (χ4n) is 1.63. The Labute approximate surface area is 121 Å². The number of hydrogen-bond donors (Lipinski definition) is 2. The lowest BCUT2D eigenvalue weighted by atomic mass is 10.3. The van der Waals surface area contributed by atoms with Gasteiger partial charge in [0.15, 0.2) is 0 Å². The summed E-state index contributed by atoms with van der Waals surface area (Å²) >= 11 is 4.83. The van der Waals surface area contributed by atoms with Gasteiger partial charge in [0.2, 0.25) is 10.0 Å². The number of rotatable bonds is 5. The van der Waals surface area contributed by atoms with Gasteiger partial charge in [0.1, 0.15) is 21.4 Å². The van der Waals surface area contributed by atoms with E-state index in [0.717, 1.165) is 4.31 Å². The van der Waals surface area contributed by atoms with Gasteiger partial charge in [0.05, 0.1) is 6.54 Å². The van der Waals surface area contributed by atoms with E-state index in [-0.39, 0.29) is 22.1 Å². The fraction of sp³-hybridized carbons (Fsp3) is 0.182. The van der Waals surface area contributed by atoms with E-state index in [1.54, 1.807) is 12.4 Å². The molecule has 2 heterocycles. The molecule has 7 nitrogen and oxygen atoms in total. The Morgan fingerprint density at radius 3 is 2.80 bits per heavy atom. The van der Waals surface area contributed by atoms with Crippen LogP contribution in [0.25, 0.3) is 0 Å². The summed E-state index contributed by atoms with van der Waals surface area (Å²) in [6, 6.07) is 2.95. The SMILES string of the molecule is CN(Cc1ncc[nH]1)S(=O)(=O)c1cccnc1C(N)=S. The van der Waals surface area contributed by atoms with E-state index < -0.39 is 10.0 Å². The smallest absolute Gasteiger partial charge is 0.245 e. The van der Waals surface area contributed by atoms with E-state index in [1.807, 2.05) is 0 Å². The summed E-state index contributed by atoms with van der Waals surface area (Å²) in [5.41, 5.74) is 5.61. The lowest BCUT2D eigenvalue weighted by Gasteiger charge is -2.17. The predicted molar refractivity (Wildman–Crippen MR) is 77.4 cm³/mol. The zero-order valence-corrected chi connectivity index (χ0v) is 12.3. The van der Waals surface area contributed by atoms with Crippen LogP contribution in [-0.2, 0) is 16.6 Å². The highest BCUT2D eigenvalue weighted by Crippen LogP contribution is 2.18. The van der Waals surface area contributed by atoms with Gasteiger partial charge in [-0.3, -0.25) is 4.98 Å². The van der Waals surface area contributed by atoms with Crippen LogP contribution in [0, 0.1) is 0 Å². The summed E-state index contributed by atoms with van der Waals surface area (Å²) in [7, 11) is -2.29. The predicted octanol–water partition coefficient (Wildman–Crippen LogP) is 0.260. The molecule has 0 amide bonds. The third-order valence-electron chi connectivity index (χ3n) is 2.62. The molecule has 3 N–H and O–H groups in total. The standard InChI is InChI=1S/C11H13N5O2S2/c1-16(7-9-13-5-6-14-9)20(17,18)8-3-2-4-15-10(8)11(12)19/h2-6H,7H2,1H3,(H2,12,19)(H,13,14). The Balaban J connectivity index is 2.37. The Morgan fingerprint density at radius 1 is 1.45 bits per heavy atom. The van der Waals surface area contributed by atoms with Crippen LogP contribution in [0.15, 0.2) is 35.6 Å². The number of aromatic nitrogens is 3. The van der Waals surface area contributed by atoms with Crippen LogP contribution < -0.4 is 5.73 Å². The number of nitrogens with two attached hydrogens (primary N) is 1. The Hall–Kier alpha value is -1.84. The number of pyridine rings is 1. The third-order valence-corrected chi connectivity index (χ3v) is 4.65. The van der Waals surface area contributed by atoms with E-state index in [4.69, 9.17) is 18.0 Å². The second-order valence-electron chi connectivity index (χ2n) is 4.01. The second-order valence-corrected chi connectivity index (χ2v) is 6.46. The summed E-state index contributed by atoms with van der Waals surface area (Å²) in [4.78, 5) is 10.7. The zero-order chi connectivity index (χ0) is 14.8. The maximum Gasteiger partial charge on any atom is 0.245 e. The second kappa shape index (κ2) is 5.65. The van der Waals surface area contributed by atoms with E-state index in [2.05, 4.69) is 15.0 Å². The van der Waals surface area contributed by atoms with E-state index in [9.17, 15) is 8.42 Å². The van der Waals surface area contributed by atoms with Gasteiger partial charge >= 0.3 is 0 Å². The first-order chi connectivity index (χ1) is 9.43. The van der Waals surface area contributed by atoms with Crippen molar-refractivity contribution in [2.45, 2.75) is 11.4 Å². The molecule has 0 bridgehead atoms.